The smallest absolute Gasteiger partial charge is 0.151 e. The summed E-state index contributed by atoms with van der Waals surface area (Å²) in [5, 5.41) is 3.29. The van der Waals surface area contributed by atoms with Crippen LogP contribution in [0.4, 0.5) is 0 Å². The van der Waals surface area contributed by atoms with Gasteiger partial charge in [0.15, 0.2) is 6.29 Å². The van der Waals surface area contributed by atoms with Crippen LogP contribution < -0.4 is 5.32 Å². The number of aldehydes is 2. The van der Waals surface area contributed by atoms with Gasteiger partial charge < -0.3 is 5.32 Å². The molecule has 24 heavy (non-hydrogen) atoms. The highest BCUT2D eigenvalue weighted by Crippen LogP contribution is 2.19. The van der Waals surface area contributed by atoms with Gasteiger partial charge in [-0.3, -0.25) is 9.59 Å². The molecule has 1 aliphatic rings. The highest BCUT2D eigenvalue weighted by molar-refractivity contribution is 6.01. The van der Waals surface area contributed by atoms with Crippen molar-refractivity contribution in [3.05, 3.63) is 48.4 Å². The lowest BCUT2D eigenvalue weighted by atomic mass is 9.93. The van der Waals surface area contributed by atoms with Crippen LogP contribution in [0.5, 0.6) is 0 Å². The van der Waals surface area contributed by atoms with Gasteiger partial charge in [-0.2, -0.15) is 0 Å². The molecule has 0 aromatic rings. The van der Waals surface area contributed by atoms with Crippen LogP contribution in [0.1, 0.15) is 52.4 Å². The molecule has 0 bridgehead atoms. The van der Waals surface area contributed by atoms with Gasteiger partial charge in [0.05, 0.1) is 0 Å². The zero-order valence-corrected chi connectivity index (χ0v) is 15.0. The van der Waals surface area contributed by atoms with Crippen molar-refractivity contribution in [2.24, 2.45) is 4.99 Å². The van der Waals surface area contributed by atoms with E-state index in [1.807, 2.05) is 26.0 Å². The molecule has 4 heteroatoms. The second-order valence-corrected chi connectivity index (χ2v) is 5.63. The van der Waals surface area contributed by atoms with E-state index in [-0.39, 0.29) is 0 Å². The van der Waals surface area contributed by atoms with E-state index in [4.69, 9.17) is 0 Å². The molecule has 1 fully saturated rings. The quantitative estimate of drug-likeness (QED) is 0.213. The first kappa shape index (κ1) is 21.8. The lowest BCUT2D eigenvalue weighted by Gasteiger charge is -2.27. The fourth-order valence-electron chi connectivity index (χ4n) is 1.81. The van der Waals surface area contributed by atoms with E-state index < -0.39 is 0 Å². The number of nitrogens with zero attached hydrogens (tertiary/aromatic N) is 1. The van der Waals surface area contributed by atoms with Crippen LogP contribution in [0.2, 0.25) is 0 Å². The van der Waals surface area contributed by atoms with Gasteiger partial charge in [0.1, 0.15) is 12.1 Å². The summed E-state index contributed by atoms with van der Waals surface area (Å²) < 4.78 is 0. The molecule has 0 radical (unpaired) electrons. The molecule has 0 aromatic carbocycles. The van der Waals surface area contributed by atoms with Crippen molar-refractivity contribution in [1.29, 1.82) is 0 Å². The van der Waals surface area contributed by atoms with Crippen molar-refractivity contribution in [2.75, 3.05) is 0 Å². The van der Waals surface area contributed by atoms with Gasteiger partial charge in [-0.05, 0) is 64.0 Å². The fraction of sp³-hybridized carbons (Fsp3) is 0.450. The summed E-state index contributed by atoms with van der Waals surface area (Å²) in [6, 6.07) is 0.558. The van der Waals surface area contributed by atoms with E-state index in [0.717, 1.165) is 31.4 Å². The maximum absolute atomic E-state index is 10.3. The molecule has 1 N–H and O–H groups in total. The molecule has 1 rings (SSSR count). The third kappa shape index (κ3) is 11.4. The highest BCUT2D eigenvalue weighted by Gasteiger charge is 2.16. The van der Waals surface area contributed by atoms with Gasteiger partial charge in [0, 0.05) is 17.8 Å². The molecule has 0 heterocycles. The van der Waals surface area contributed by atoms with Crippen LogP contribution in [0, 0.1) is 0 Å². The fourth-order valence-corrected chi connectivity index (χ4v) is 1.81. The molecule has 0 unspecified atom stereocenters. The summed E-state index contributed by atoms with van der Waals surface area (Å²) >= 11 is 0. The first-order valence-electron chi connectivity index (χ1n) is 8.42. The SMILES string of the molecule is C=C(C=O)/C=N\C(=C/C)NC1CCC1.C=C(C=O)CCC/C=C\C. The number of aliphatic imine (C=N–C) groups is 1. The van der Waals surface area contributed by atoms with E-state index in [1.165, 1.54) is 25.5 Å². The number of hydrogen-bond acceptors (Lipinski definition) is 4. The van der Waals surface area contributed by atoms with Gasteiger partial charge in [0.25, 0.3) is 0 Å². The van der Waals surface area contributed by atoms with Gasteiger partial charge >= 0.3 is 0 Å². The van der Waals surface area contributed by atoms with Crippen molar-refractivity contribution >= 4 is 18.8 Å². The summed E-state index contributed by atoms with van der Waals surface area (Å²) in [4.78, 5) is 24.4. The van der Waals surface area contributed by atoms with Gasteiger partial charge in [-0.15, -0.1) is 0 Å². The summed E-state index contributed by atoms with van der Waals surface area (Å²) in [6.07, 6.45) is 15.6. The van der Waals surface area contributed by atoms with Crippen molar-refractivity contribution in [1.82, 2.24) is 5.32 Å². The molecular formula is C20H30N2O2. The van der Waals surface area contributed by atoms with Crippen molar-refractivity contribution in [2.45, 2.75) is 58.4 Å². The zero-order valence-electron chi connectivity index (χ0n) is 15.0. The molecule has 0 amide bonds. The largest absolute Gasteiger partial charge is 0.368 e. The summed E-state index contributed by atoms with van der Waals surface area (Å²) in [5.74, 6) is 0.817. The topological polar surface area (TPSA) is 58.5 Å². The predicted octanol–water partition coefficient (Wildman–Crippen LogP) is 4.30. The number of unbranched alkanes of at least 4 members (excludes halogenated alkanes) is 1. The number of allylic oxidation sites excluding steroid dienone is 5. The second kappa shape index (κ2) is 14.4. The first-order valence-corrected chi connectivity index (χ1v) is 8.42. The molecule has 1 aliphatic carbocycles. The van der Waals surface area contributed by atoms with E-state index in [0.29, 0.717) is 23.5 Å². The molecule has 0 atom stereocenters. The van der Waals surface area contributed by atoms with Crippen LogP contribution in [-0.2, 0) is 9.59 Å². The molecule has 0 aromatic heterocycles. The Bertz CT molecular complexity index is 498. The maximum Gasteiger partial charge on any atom is 0.151 e. The average Bonchev–Trinajstić information content (AvgIpc) is 2.57. The Balaban J connectivity index is 0.000000470. The Morgan fingerprint density at radius 1 is 1.21 bits per heavy atom. The van der Waals surface area contributed by atoms with Crippen LogP contribution in [0.25, 0.3) is 0 Å². The van der Waals surface area contributed by atoms with E-state index in [1.54, 1.807) is 0 Å². The van der Waals surface area contributed by atoms with Crippen molar-refractivity contribution < 1.29 is 9.59 Å². The average molecular weight is 330 g/mol. The summed E-state index contributed by atoms with van der Waals surface area (Å²) in [6.45, 7) is 11.0. The summed E-state index contributed by atoms with van der Waals surface area (Å²) in [7, 11) is 0. The van der Waals surface area contributed by atoms with E-state index in [2.05, 4.69) is 29.5 Å². The number of hydrogen-bond donors (Lipinski definition) is 1. The number of carbonyl (C=O) groups is 2. The molecule has 1 saturated carbocycles. The van der Waals surface area contributed by atoms with E-state index in [9.17, 15) is 9.59 Å². The first-order chi connectivity index (χ1) is 11.6. The van der Waals surface area contributed by atoms with Gasteiger partial charge in [0.2, 0.25) is 0 Å². The van der Waals surface area contributed by atoms with Crippen molar-refractivity contribution in [3.63, 3.8) is 0 Å². The number of nitrogens with one attached hydrogen (secondary N) is 1. The minimum Gasteiger partial charge on any atom is -0.368 e. The Morgan fingerprint density at radius 2 is 1.92 bits per heavy atom. The van der Waals surface area contributed by atoms with Crippen LogP contribution in [0.3, 0.4) is 0 Å². The number of rotatable bonds is 10. The lowest BCUT2D eigenvalue weighted by molar-refractivity contribution is -0.105. The third-order valence-electron chi connectivity index (χ3n) is 3.52. The molecule has 132 valence electrons. The Labute approximate surface area is 146 Å². The minimum atomic E-state index is 0.389. The highest BCUT2D eigenvalue weighted by atomic mass is 16.1. The molecular weight excluding hydrogens is 300 g/mol. The Kier molecular flexibility index (Phi) is 13.0. The van der Waals surface area contributed by atoms with Crippen molar-refractivity contribution in [3.8, 4) is 0 Å². The maximum atomic E-state index is 10.3. The van der Waals surface area contributed by atoms with E-state index >= 15 is 0 Å². The Morgan fingerprint density at radius 3 is 2.38 bits per heavy atom. The minimum absolute atomic E-state index is 0.389. The molecule has 0 spiro atoms. The standard InChI is InChI=1S/C11H16N2O.C9H14O/c1-3-11(12-7-9(2)8-14)13-10-5-4-6-10;1-3-4-5-6-7-9(2)8-10/h3,7-8,10,13H,2,4-6H2,1H3;3-4,8H,2,5-7H2,1H3/b11-3+,12-7-;4-3-. The molecule has 0 saturated heterocycles. The molecule has 4 nitrogen and oxygen atoms in total. The predicted molar refractivity (Wildman–Crippen MR) is 102 cm³/mol. The van der Waals surface area contributed by atoms with Crippen LogP contribution >= 0.6 is 0 Å². The van der Waals surface area contributed by atoms with Gasteiger partial charge in [-0.25, -0.2) is 4.99 Å². The van der Waals surface area contributed by atoms with Crippen LogP contribution in [-0.4, -0.2) is 24.8 Å². The zero-order chi connectivity index (χ0) is 18.2. The summed E-state index contributed by atoms with van der Waals surface area (Å²) in [5.41, 5.74) is 1.09. The number of carbonyl (C=O) groups excluding carboxylic acids is 2. The monoisotopic (exact) mass is 330 g/mol. The normalized spacial score (nSPS) is 14.7. The third-order valence-corrected chi connectivity index (χ3v) is 3.52. The Hall–Kier alpha value is -2.23. The second-order valence-electron chi connectivity index (χ2n) is 5.63. The lowest BCUT2D eigenvalue weighted by Crippen LogP contribution is -2.33. The molecule has 0 aliphatic heterocycles. The van der Waals surface area contributed by atoms with Gasteiger partial charge in [-0.1, -0.05) is 25.3 Å². The van der Waals surface area contributed by atoms with Crippen LogP contribution in [0.15, 0.2) is 53.3 Å².